The summed E-state index contributed by atoms with van der Waals surface area (Å²) in [6.45, 7) is 3.49. The molecule has 0 spiro atoms. The van der Waals surface area contributed by atoms with Gasteiger partial charge in [-0.05, 0) is 23.8 Å². The second-order valence-corrected chi connectivity index (χ2v) is 6.79. The Morgan fingerprint density at radius 3 is 2.59 bits per heavy atom. The summed E-state index contributed by atoms with van der Waals surface area (Å²) in [6.07, 6.45) is 3.15. The highest BCUT2D eigenvalue weighted by Crippen LogP contribution is 2.25. The molecule has 27 heavy (non-hydrogen) atoms. The van der Waals surface area contributed by atoms with Crippen LogP contribution < -0.4 is 11.0 Å². The summed E-state index contributed by atoms with van der Waals surface area (Å²) in [6, 6.07) is 8.96. The van der Waals surface area contributed by atoms with Gasteiger partial charge in [0.2, 0.25) is 5.91 Å². The van der Waals surface area contributed by atoms with E-state index < -0.39 is 5.56 Å². The number of nitrogens with zero attached hydrogens (tertiary/aromatic N) is 5. The number of hydrogen-bond acceptors (Lipinski definition) is 5. The Balaban J connectivity index is 1.85. The van der Waals surface area contributed by atoms with Crippen molar-refractivity contribution in [2.45, 2.75) is 13.8 Å². The van der Waals surface area contributed by atoms with Crippen LogP contribution in [0.25, 0.3) is 27.8 Å². The quantitative estimate of drug-likeness (QED) is 0.587. The standard InChI is InChI=1S/C18H15ClN6O2/c1-10(2)17(26)23-24-8-7-14-15(18(24)27)21-22-16-13(9-20-25(14)16)11-3-5-12(19)6-4-11/h3-10H,1-2H3,(H,23,26). The summed E-state index contributed by atoms with van der Waals surface area (Å²) in [5.74, 6) is -0.524. The van der Waals surface area contributed by atoms with E-state index in [1.54, 1.807) is 42.8 Å². The molecule has 0 saturated carbocycles. The summed E-state index contributed by atoms with van der Waals surface area (Å²) >= 11 is 5.94. The maximum Gasteiger partial charge on any atom is 0.299 e. The number of carbonyl (C=O) groups excluding carboxylic acids is 1. The first kappa shape index (κ1) is 17.2. The summed E-state index contributed by atoms with van der Waals surface area (Å²) in [4.78, 5) is 24.5. The minimum absolute atomic E-state index is 0.111. The highest BCUT2D eigenvalue weighted by Gasteiger charge is 2.15. The Morgan fingerprint density at radius 1 is 1.15 bits per heavy atom. The Hall–Kier alpha value is -3.26. The molecule has 0 aliphatic rings. The predicted octanol–water partition coefficient (Wildman–Crippen LogP) is 2.49. The fraction of sp³-hybridized carbons (Fsp3) is 0.167. The van der Waals surface area contributed by atoms with E-state index in [1.165, 1.54) is 6.20 Å². The fourth-order valence-corrected chi connectivity index (χ4v) is 2.79. The average Bonchev–Trinajstić information content (AvgIpc) is 3.09. The first-order valence-electron chi connectivity index (χ1n) is 8.28. The lowest BCUT2D eigenvalue weighted by Gasteiger charge is -2.10. The van der Waals surface area contributed by atoms with Crippen molar-refractivity contribution < 1.29 is 4.79 Å². The molecule has 0 unspecified atom stereocenters. The highest BCUT2D eigenvalue weighted by molar-refractivity contribution is 6.30. The van der Waals surface area contributed by atoms with Gasteiger partial charge in [-0.3, -0.25) is 15.0 Å². The molecule has 9 heteroatoms. The molecule has 0 aliphatic heterocycles. The van der Waals surface area contributed by atoms with Crippen molar-refractivity contribution in [3.63, 3.8) is 0 Å². The number of halogens is 1. The zero-order valence-electron chi connectivity index (χ0n) is 14.5. The van der Waals surface area contributed by atoms with Crippen molar-refractivity contribution in [3.05, 3.63) is 58.1 Å². The number of amides is 1. The summed E-state index contributed by atoms with van der Waals surface area (Å²) in [7, 11) is 0. The van der Waals surface area contributed by atoms with Gasteiger partial charge in [-0.15, -0.1) is 10.2 Å². The lowest BCUT2D eigenvalue weighted by molar-refractivity contribution is -0.119. The Morgan fingerprint density at radius 2 is 1.89 bits per heavy atom. The zero-order valence-corrected chi connectivity index (χ0v) is 15.3. The number of aromatic nitrogens is 5. The first-order valence-corrected chi connectivity index (χ1v) is 8.66. The first-order chi connectivity index (χ1) is 13.0. The van der Waals surface area contributed by atoms with Gasteiger partial charge in [0.05, 0.1) is 6.20 Å². The molecule has 1 N–H and O–H groups in total. The molecule has 136 valence electrons. The molecule has 0 bridgehead atoms. The maximum absolute atomic E-state index is 12.6. The number of nitrogens with one attached hydrogen (secondary N) is 1. The molecule has 0 fully saturated rings. The van der Waals surface area contributed by atoms with E-state index in [9.17, 15) is 9.59 Å². The number of hydrogen-bond donors (Lipinski definition) is 1. The Kier molecular flexibility index (Phi) is 4.12. The highest BCUT2D eigenvalue weighted by atomic mass is 35.5. The lowest BCUT2D eigenvalue weighted by Crippen LogP contribution is -2.35. The molecule has 3 aromatic heterocycles. The second-order valence-electron chi connectivity index (χ2n) is 6.36. The van der Waals surface area contributed by atoms with E-state index in [-0.39, 0.29) is 17.3 Å². The molecule has 3 heterocycles. The molecular formula is C18H15ClN6O2. The zero-order chi connectivity index (χ0) is 19.1. The summed E-state index contributed by atoms with van der Waals surface area (Å²) in [5.41, 5.74) is 4.87. The van der Waals surface area contributed by atoms with Crippen LogP contribution in [0.5, 0.6) is 0 Å². The smallest absolute Gasteiger partial charge is 0.273 e. The van der Waals surface area contributed by atoms with Crippen LogP contribution >= 0.6 is 11.6 Å². The van der Waals surface area contributed by atoms with Gasteiger partial charge in [-0.1, -0.05) is 37.6 Å². The van der Waals surface area contributed by atoms with E-state index in [2.05, 4.69) is 20.7 Å². The minimum atomic E-state index is -0.473. The van der Waals surface area contributed by atoms with E-state index in [0.717, 1.165) is 15.8 Å². The molecule has 0 aliphatic carbocycles. The van der Waals surface area contributed by atoms with Crippen LogP contribution in [0.4, 0.5) is 0 Å². The maximum atomic E-state index is 12.6. The number of carbonyl (C=O) groups is 1. The van der Waals surface area contributed by atoms with Crippen LogP contribution in [-0.2, 0) is 4.79 Å². The molecule has 1 aromatic carbocycles. The summed E-state index contributed by atoms with van der Waals surface area (Å²) in [5, 5.41) is 13.2. The summed E-state index contributed by atoms with van der Waals surface area (Å²) < 4.78 is 2.66. The van der Waals surface area contributed by atoms with E-state index in [0.29, 0.717) is 16.2 Å². The molecule has 8 nitrogen and oxygen atoms in total. The van der Waals surface area contributed by atoms with Crippen LogP contribution in [0.2, 0.25) is 5.02 Å². The molecule has 0 radical (unpaired) electrons. The third-order valence-electron chi connectivity index (χ3n) is 4.17. The fourth-order valence-electron chi connectivity index (χ4n) is 2.66. The Bertz CT molecular complexity index is 1230. The van der Waals surface area contributed by atoms with Crippen molar-refractivity contribution in [3.8, 4) is 11.1 Å². The van der Waals surface area contributed by atoms with Gasteiger partial charge in [-0.2, -0.15) is 5.10 Å². The molecule has 4 rings (SSSR count). The van der Waals surface area contributed by atoms with E-state index in [1.807, 2.05) is 12.1 Å². The SMILES string of the molecule is CC(C)C(=O)Nn1ccc2c(nnc3c(-c4ccc(Cl)cc4)cnn32)c1=O. The van der Waals surface area contributed by atoms with Crippen LogP contribution in [0, 0.1) is 5.92 Å². The minimum Gasteiger partial charge on any atom is -0.273 e. The molecule has 4 aromatic rings. The van der Waals surface area contributed by atoms with Crippen molar-refractivity contribution in [1.82, 2.24) is 24.5 Å². The largest absolute Gasteiger partial charge is 0.299 e. The third-order valence-corrected chi connectivity index (χ3v) is 4.42. The van der Waals surface area contributed by atoms with Gasteiger partial charge < -0.3 is 0 Å². The normalized spacial score (nSPS) is 11.4. The van der Waals surface area contributed by atoms with Crippen LogP contribution in [-0.4, -0.2) is 30.4 Å². The lowest BCUT2D eigenvalue weighted by atomic mass is 10.1. The van der Waals surface area contributed by atoms with Gasteiger partial charge in [0.15, 0.2) is 11.2 Å². The van der Waals surface area contributed by atoms with Gasteiger partial charge in [0.1, 0.15) is 5.52 Å². The molecule has 1 amide bonds. The van der Waals surface area contributed by atoms with Crippen LogP contribution in [0.15, 0.2) is 47.5 Å². The molecule has 0 saturated heterocycles. The number of rotatable bonds is 3. The van der Waals surface area contributed by atoms with Gasteiger partial charge >= 0.3 is 0 Å². The van der Waals surface area contributed by atoms with Crippen LogP contribution in [0.1, 0.15) is 13.8 Å². The average molecular weight is 383 g/mol. The monoisotopic (exact) mass is 382 g/mol. The van der Waals surface area contributed by atoms with E-state index in [4.69, 9.17) is 11.6 Å². The van der Waals surface area contributed by atoms with Crippen molar-refractivity contribution >= 4 is 34.2 Å². The van der Waals surface area contributed by atoms with Crippen molar-refractivity contribution in [1.29, 1.82) is 0 Å². The van der Waals surface area contributed by atoms with Gasteiger partial charge in [0, 0.05) is 22.7 Å². The van der Waals surface area contributed by atoms with Gasteiger partial charge in [0.25, 0.3) is 5.56 Å². The van der Waals surface area contributed by atoms with E-state index >= 15 is 0 Å². The Labute approximate surface area is 158 Å². The van der Waals surface area contributed by atoms with Crippen LogP contribution in [0.3, 0.4) is 0 Å². The van der Waals surface area contributed by atoms with Crippen molar-refractivity contribution in [2.24, 2.45) is 5.92 Å². The molecule has 0 atom stereocenters. The third kappa shape index (κ3) is 2.93. The van der Waals surface area contributed by atoms with Gasteiger partial charge in [-0.25, -0.2) is 9.19 Å². The number of pyridine rings is 1. The topological polar surface area (TPSA) is 94.2 Å². The second kappa shape index (κ2) is 6.48. The van der Waals surface area contributed by atoms with Crippen molar-refractivity contribution in [2.75, 3.05) is 5.43 Å². The number of benzene rings is 1. The molecular weight excluding hydrogens is 368 g/mol. The predicted molar refractivity (Wildman–Crippen MR) is 102 cm³/mol. The number of fused-ring (bicyclic) bond motifs is 3.